The third-order valence-corrected chi connectivity index (χ3v) is 9.25. The van der Waals surface area contributed by atoms with Crippen LogP contribution in [0, 0.1) is 0 Å². The number of allylic oxidation sites excluding steroid dienone is 1. The lowest BCUT2D eigenvalue weighted by Crippen LogP contribution is -2.62. The molecule has 46 heavy (non-hydrogen) atoms. The van der Waals surface area contributed by atoms with Gasteiger partial charge in [-0.3, -0.25) is 4.98 Å². The van der Waals surface area contributed by atoms with Crippen LogP contribution in [0.1, 0.15) is 104 Å². The molecule has 0 bridgehead atoms. The summed E-state index contributed by atoms with van der Waals surface area (Å²) < 4.78 is 24.4. The number of piperidine rings is 1. The monoisotopic (exact) mass is 637 g/mol. The van der Waals surface area contributed by atoms with Crippen molar-refractivity contribution in [1.29, 1.82) is 0 Å². The number of anilines is 1. The summed E-state index contributed by atoms with van der Waals surface area (Å²) in [6, 6.07) is 2.04. The average molecular weight is 638 g/mol. The highest BCUT2D eigenvalue weighted by Crippen LogP contribution is 2.52. The van der Waals surface area contributed by atoms with Crippen molar-refractivity contribution in [3.63, 3.8) is 0 Å². The Bertz CT molecular complexity index is 1410. The zero-order valence-corrected chi connectivity index (χ0v) is 28.8. The third kappa shape index (κ3) is 6.52. The number of morpholine rings is 1. The number of hydrogen-bond acceptors (Lipinski definition) is 9. The Kier molecular flexibility index (Phi) is 8.44. The SMILES string of the molecule is CC1Oc2c(cc(C3CCN(C(=O)OC(C)(C)C)CC3)nc2C2CC2)N(C(=O)OC(C)(C)C)C2(C)NC=CC(N3CCOCC3)=C12. The van der Waals surface area contributed by atoms with E-state index in [2.05, 4.69) is 23.2 Å². The molecule has 1 saturated carbocycles. The Hall–Kier alpha value is -3.47. The Morgan fingerprint density at radius 2 is 1.57 bits per heavy atom. The number of pyridine rings is 1. The maximum Gasteiger partial charge on any atom is 0.417 e. The van der Waals surface area contributed by atoms with Crippen molar-refractivity contribution < 1.29 is 28.5 Å². The molecule has 2 amide bonds. The van der Waals surface area contributed by atoms with Gasteiger partial charge in [-0.25, -0.2) is 14.5 Å². The first-order chi connectivity index (χ1) is 21.6. The molecule has 1 N–H and O–H groups in total. The summed E-state index contributed by atoms with van der Waals surface area (Å²) in [6.07, 6.45) is 6.49. The summed E-state index contributed by atoms with van der Waals surface area (Å²) in [5, 5.41) is 3.56. The van der Waals surface area contributed by atoms with Crippen LogP contribution in [0.15, 0.2) is 29.6 Å². The van der Waals surface area contributed by atoms with Crippen molar-refractivity contribution >= 4 is 17.9 Å². The fourth-order valence-electron chi connectivity index (χ4n) is 7.01. The predicted octanol–water partition coefficient (Wildman–Crippen LogP) is 6.02. The standard InChI is InChI=1S/C35H51N5O6/c1-22-28-26(38-17-19-43-20-18-38)11-14-36-35(28,8)40(32(42)46-34(5,6)7)27-21-25(37-29(24-9-10-24)30(27)44-22)23-12-15-39(16-13-23)31(41)45-33(2,3)4/h11,14,21-24,36H,9-10,12-13,15-20H2,1-8H3. The van der Waals surface area contributed by atoms with Crippen molar-refractivity contribution in [2.75, 3.05) is 44.3 Å². The van der Waals surface area contributed by atoms with Crippen LogP contribution in [0.4, 0.5) is 15.3 Å². The molecule has 11 nitrogen and oxygen atoms in total. The summed E-state index contributed by atoms with van der Waals surface area (Å²) in [5.41, 5.74) is 2.27. The maximum atomic E-state index is 14.4. The Balaban J connectivity index is 1.43. The van der Waals surface area contributed by atoms with E-state index < -0.39 is 23.0 Å². The molecule has 2 unspecified atom stereocenters. The van der Waals surface area contributed by atoms with E-state index in [-0.39, 0.29) is 24.0 Å². The van der Waals surface area contributed by atoms with Crippen molar-refractivity contribution in [2.45, 2.75) is 116 Å². The molecule has 0 aromatic carbocycles. The van der Waals surface area contributed by atoms with Crippen LogP contribution < -0.4 is 15.0 Å². The molecule has 2 atom stereocenters. The van der Waals surface area contributed by atoms with Gasteiger partial charge in [0.05, 0.1) is 24.6 Å². The van der Waals surface area contributed by atoms with Crippen LogP contribution in [0.5, 0.6) is 5.75 Å². The lowest BCUT2D eigenvalue weighted by Gasteiger charge is -2.46. The van der Waals surface area contributed by atoms with Gasteiger partial charge in [0.1, 0.15) is 23.0 Å². The molecule has 11 heteroatoms. The molecule has 252 valence electrons. The van der Waals surface area contributed by atoms with Gasteiger partial charge in [0, 0.05) is 61.2 Å². The van der Waals surface area contributed by atoms with E-state index in [1.165, 1.54) is 0 Å². The topological polar surface area (TPSA) is 106 Å². The first-order valence-corrected chi connectivity index (χ1v) is 16.9. The van der Waals surface area contributed by atoms with E-state index in [1.54, 1.807) is 9.80 Å². The predicted molar refractivity (Wildman–Crippen MR) is 175 cm³/mol. The van der Waals surface area contributed by atoms with E-state index >= 15 is 0 Å². The molecule has 5 aliphatic rings. The molecule has 2 saturated heterocycles. The summed E-state index contributed by atoms with van der Waals surface area (Å²) in [6.45, 7) is 19.4. The number of carbonyl (C=O) groups is 2. The van der Waals surface area contributed by atoms with Gasteiger partial charge in [-0.05, 0) is 93.2 Å². The highest BCUT2D eigenvalue weighted by Gasteiger charge is 2.51. The Labute approximate surface area is 273 Å². The second kappa shape index (κ2) is 12.0. The summed E-state index contributed by atoms with van der Waals surface area (Å²) >= 11 is 0. The van der Waals surface area contributed by atoms with Gasteiger partial charge in [-0.15, -0.1) is 0 Å². The molecular weight excluding hydrogens is 586 g/mol. The first-order valence-electron chi connectivity index (χ1n) is 16.9. The molecule has 1 aromatic rings. The number of dihydropyridines is 1. The van der Waals surface area contributed by atoms with Gasteiger partial charge in [-0.1, -0.05) is 0 Å². The highest BCUT2D eigenvalue weighted by atomic mass is 16.6. The van der Waals surface area contributed by atoms with Crippen molar-refractivity contribution in [1.82, 2.24) is 20.1 Å². The summed E-state index contributed by atoms with van der Waals surface area (Å²) in [4.78, 5) is 38.4. The van der Waals surface area contributed by atoms with Crippen LogP contribution in [-0.4, -0.2) is 89.3 Å². The number of rotatable bonds is 3. The fourth-order valence-corrected chi connectivity index (χ4v) is 7.01. The summed E-state index contributed by atoms with van der Waals surface area (Å²) in [7, 11) is 0. The summed E-state index contributed by atoms with van der Waals surface area (Å²) in [5.74, 6) is 1.05. The third-order valence-electron chi connectivity index (χ3n) is 9.25. The number of nitrogens with one attached hydrogen (secondary N) is 1. The van der Waals surface area contributed by atoms with Crippen molar-refractivity contribution in [2.24, 2.45) is 0 Å². The molecule has 1 aromatic heterocycles. The van der Waals surface area contributed by atoms with E-state index in [9.17, 15) is 9.59 Å². The second-order valence-electron chi connectivity index (χ2n) is 15.3. The number of ether oxygens (including phenoxy) is 4. The lowest BCUT2D eigenvalue weighted by molar-refractivity contribution is 0.0203. The molecule has 4 aliphatic heterocycles. The minimum absolute atomic E-state index is 0.119. The number of hydrogen-bond donors (Lipinski definition) is 1. The van der Waals surface area contributed by atoms with Gasteiger partial charge in [0.15, 0.2) is 5.75 Å². The minimum atomic E-state index is -0.977. The molecule has 0 radical (unpaired) electrons. The molecule has 1 aliphatic carbocycles. The van der Waals surface area contributed by atoms with Crippen LogP contribution in [0.3, 0.4) is 0 Å². The van der Waals surface area contributed by atoms with Gasteiger partial charge in [0.2, 0.25) is 0 Å². The Morgan fingerprint density at radius 1 is 0.935 bits per heavy atom. The van der Waals surface area contributed by atoms with Gasteiger partial charge in [-0.2, -0.15) is 0 Å². The number of likely N-dealkylation sites (tertiary alicyclic amines) is 1. The van der Waals surface area contributed by atoms with Crippen LogP contribution in [-0.2, 0) is 14.2 Å². The smallest absolute Gasteiger partial charge is 0.417 e. The van der Waals surface area contributed by atoms with Crippen LogP contribution in [0.2, 0.25) is 0 Å². The second-order valence-corrected chi connectivity index (χ2v) is 15.3. The number of amides is 2. The van der Waals surface area contributed by atoms with E-state index in [1.807, 2.05) is 60.7 Å². The Morgan fingerprint density at radius 3 is 2.17 bits per heavy atom. The minimum Gasteiger partial charge on any atom is -0.482 e. The van der Waals surface area contributed by atoms with Crippen LogP contribution in [0.25, 0.3) is 0 Å². The molecule has 6 rings (SSSR count). The van der Waals surface area contributed by atoms with Crippen molar-refractivity contribution in [3.8, 4) is 5.75 Å². The van der Waals surface area contributed by atoms with Gasteiger partial charge < -0.3 is 34.1 Å². The van der Waals surface area contributed by atoms with E-state index in [4.69, 9.17) is 23.9 Å². The number of fused-ring (bicyclic) bond motifs is 2. The average Bonchev–Trinajstić information content (AvgIpc) is 3.82. The van der Waals surface area contributed by atoms with E-state index in [0.717, 1.165) is 61.4 Å². The fraction of sp³-hybridized carbons (Fsp3) is 0.686. The first kappa shape index (κ1) is 32.5. The lowest BCUT2D eigenvalue weighted by atomic mass is 9.89. The van der Waals surface area contributed by atoms with E-state index in [0.29, 0.717) is 37.7 Å². The van der Waals surface area contributed by atoms with Gasteiger partial charge in [0.25, 0.3) is 0 Å². The maximum absolute atomic E-state index is 14.4. The molecule has 3 fully saturated rings. The van der Waals surface area contributed by atoms with Crippen LogP contribution >= 0.6 is 0 Å². The molecular formula is C35H51N5O6. The largest absolute Gasteiger partial charge is 0.482 e. The molecule has 5 heterocycles. The zero-order valence-electron chi connectivity index (χ0n) is 28.8. The highest BCUT2D eigenvalue weighted by molar-refractivity contribution is 5.93. The number of nitrogens with zero attached hydrogens (tertiary/aromatic N) is 4. The quantitative estimate of drug-likeness (QED) is 0.426. The number of carbonyl (C=O) groups excluding carboxylic acids is 2. The van der Waals surface area contributed by atoms with Crippen molar-refractivity contribution in [3.05, 3.63) is 41.0 Å². The normalized spacial score (nSPS) is 25.7. The molecule has 0 spiro atoms. The zero-order chi connectivity index (χ0) is 33.0. The van der Waals surface area contributed by atoms with Gasteiger partial charge >= 0.3 is 12.2 Å². The number of aromatic nitrogens is 1.